The molecular weight excluding hydrogens is 256 g/mol. The maximum absolute atomic E-state index is 12.7. The molecule has 1 heteroatoms. The molecule has 4 rings (SSSR count). The summed E-state index contributed by atoms with van der Waals surface area (Å²) < 4.78 is 0. The first-order valence-electron chi connectivity index (χ1n) is 7.42. The van der Waals surface area contributed by atoms with Crippen LogP contribution in [-0.2, 0) is 6.42 Å². The number of ketones is 1. The topological polar surface area (TPSA) is 17.1 Å². The molecule has 0 aromatic heterocycles. The fraction of sp³-hybridized carbons (Fsp3) is 0.150. The van der Waals surface area contributed by atoms with Crippen LogP contribution in [0.2, 0.25) is 0 Å². The highest BCUT2D eigenvalue weighted by atomic mass is 16.1. The van der Waals surface area contributed by atoms with Gasteiger partial charge >= 0.3 is 0 Å². The van der Waals surface area contributed by atoms with Crippen LogP contribution in [0.25, 0.3) is 10.8 Å². The van der Waals surface area contributed by atoms with E-state index in [1.165, 1.54) is 11.1 Å². The number of hydrogen-bond acceptors (Lipinski definition) is 1. The quantitative estimate of drug-likeness (QED) is 0.629. The minimum Gasteiger partial charge on any atom is -0.294 e. The number of carbonyl (C=O) groups excluding carboxylic acids is 1. The summed E-state index contributed by atoms with van der Waals surface area (Å²) in [4.78, 5) is 12.7. The number of hydrogen-bond donors (Lipinski definition) is 0. The van der Waals surface area contributed by atoms with Gasteiger partial charge in [-0.15, -0.1) is 0 Å². The van der Waals surface area contributed by atoms with Gasteiger partial charge in [0.2, 0.25) is 0 Å². The molecule has 1 aliphatic carbocycles. The second kappa shape index (κ2) is 4.85. The summed E-state index contributed by atoms with van der Waals surface area (Å²) in [6.45, 7) is 0. The molecule has 1 atom stereocenters. The Morgan fingerprint density at radius 3 is 2.57 bits per heavy atom. The predicted octanol–water partition coefficient (Wildman–Crippen LogP) is 4.75. The van der Waals surface area contributed by atoms with Crippen molar-refractivity contribution in [2.45, 2.75) is 18.8 Å². The van der Waals surface area contributed by atoms with Crippen molar-refractivity contribution < 1.29 is 4.79 Å². The van der Waals surface area contributed by atoms with Crippen molar-refractivity contribution in [1.29, 1.82) is 0 Å². The molecule has 0 aliphatic heterocycles. The molecule has 21 heavy (non-hydrogen) atoms. The minimum atomic E-state index is 0.256. The second-order valence-corrected chi connectivity index (χ2v) is 5.75. The van der Waals surface area contributed by atoms with Crippen molar-refractivity contribution in [2.24, 2.45) is 0 Å². The Kier molecular flexibility index (Phi) is 2.85. The zero-order chi connectivity index (χ0) is 14.2. The van der Waals surface area contributed by atoms with Gasteiger partial charge in [-0.05, 0) is 34.2 Å². The maximum Gasteiger partial charge on any atom is 0.164 e. The highest BCUT2D eigenvalue weighted by molar-refractivity contribution is 6.08. The molecule has 0 heterocycles. The molecule has 1 aliphatic rings. The number of rotatable bonds is 3. The lowest BCUT2D eigenvalue weighted by Gasteiger charge is -2.29. The molecule has 0 fully saturated rings. The molecule has 0 bridgehead atoms. The van der Waals surface area contributed by atoms with Crippen LogP contribution < -0.4 is 0 Å². The molecule has 102 valence electrons. The van der Waals surface area contributed by atoms with Crippen molar-refractivity contribution in [3.05, 3.63) is 83.4 Å². The van der Waals surface area contributed by atoms with E-state index in [0.717, 1.165) is 22.8 Å². The van der Waals surface area contributed by atoms with E-state index in [1.54, 1.807) is 0 Å². The highest BCUT2D eigenvalue weighted by Gasteiger charge is 2.28. The van der Waals surface area contributed by atoms with Gasteiger partial charge in [-0.3, -0.25) is 4.79 Å². The summed E-state index contributed by atoms with van der Waals surface area (Å²) in [6.07, 6.45) is 1.65. The van der Waals surface area contributed by atoms with E-state index in [4.69, 9.17) is 0 Å². The van der Waals surface area contributed by atoms with Crippen molar-refractivity contribution in [3.8, 4) is 0 Å². The smallest absolute Gasteiger partial charge is 0.164 e. The van der Waals surface area contributed by atoms with Crippen LogP contribution in [0.5, 0.6) is 0 Å². The van der Waals surface area contributed by atoms with Gasteiger partial charge in [0.05, 0.1) is 0 Å². The summed E-state index contributed by atoms with van der Waals surface area (Å²) in [5.41, 5.74) is 3.61. The molecule has 0 saturated carbocycles. The van der Waals surface area contributed by atoms with Gasteiger partial charge < -0.3 is 0 Å². The molecule has 0 spiro atoms. The average molecular weight is 272 g/mol. The first-order chi connectivity index (χ1) is 10.3. The Morgan fingerprint density at radius 2 is 1.67 bits per heavy atom. The van der Waals surface area contributed by atoms with E-state index in [9.17, 15) is 4.79 Å². The third-order valence-electron chi connectivity index (χ3n) is 4.48. The lowest BCUT2D eigenvalue weighted by atomic mass is 9.74. The second-order valence-electron chi connectivity index (χ2n) is 5.75. The van der Waals surface area contributed by atoms with Crippen molar-refractivity contribution in [1.82, 2.24) is 0 Å². The van der Waals surface area contributed by atoms with Crippen molar-refractivity contribution >= 4 is 16.6 Å². The zero-order valence-corrected chi connectivity index (χ0v) is 11.8. The number of benzene rings is 3. The van der Waals surface area contributed by atoms with E-state index in [1.807, 2.05) is 30.3 Å². The normalized spacial score (nSPS) is 16.3. The standard InChI is InChI=1S/C20H16O/c21-20(13-16-12-15-7-2-3-9-17(15)16)19-11-5-8-14-6-1-4-10-18(14)19/h1-11,16H,12-13H2. The van der Waals surface area contributed by atoms with Crippen LogP contribution in [0.3, 0.4) is 0 Å². The molecule has 1 unspecified atom stereocenters. The molecule has 0 radical (unpaired) electrons. The summed E-state index contributed by atoms with van der Waals surface area (Å²) >= 11 is 0. The number of fused-ring (bicyclic) bond motifs is 2. The summed E-state index contributed by atoms with van der Waals surface area (Å²) in [5, 5.41) is 2.20. The van der Waals surface area contributed by atoms with E-state index in [0.29, 0.717) is 12.3 Å². The van der Waals surface area contributed by atoms with Crippen molar-refractivity contribution in [2.75, 3.05) is 0 Å². The zero-order valence-electron chi connectivity index (χ0n) is 11.8. The summed E-state index contributed by atoms with van der Waals surface area (Å²) in [6, 6.07) is 22.5. The maximum atomic E-state index is 12.7. The molecule has 3 aromatic carbocycles. The van der Waals surface area contributed by atoms with Crippen molar-refractivity contribution in [3.63, 3.8) is 0 Å². The Hall–Kier alpha value is -2.41. The SMILES string of the molecule is O=C(CC1Cc2ccccc21)c1cccc2ccccc12. The highest BCUT2D eigenvalue weighted by Crippen LogP contribution is 2.38. The van der Waals surface area contributed by atoms with E-state index < -0.39 is 0 Å². The van der Waals surface area contributed by atoms with Crippen LogP contribution >= 0.6 is 0 Å². The Morgan fingerprint density at radius 1 is 0.905 bits per heavy atom. The van der Waals surface area contributed by atoms with E-state index >= 15 is 0 Å². The minimum absolute atomic E-state index is 0.256. The predicted molar refractivity (Wildman–Crippen MR) is 85.8 cm³/mol. The fourth-order valence-electron chi connectivity index (χ4n) is 3.35. The van der Waals surface area contributed by atoms with Crippen LogP contribution in [0, 0.1) is 0 Å². The van der Waals surface area contributed by atoms with Crippen LogP contribution in [0.4, 0.5) is 0 Å². The van der Waals surface area contributed by atoms with Gasteiger partial charge in [0, 0.05) is 12.0 Å². The first kappa shape index (κ1) is 12.3. The molecule has 3 aromatic rings. The summed E-state index contributed by atoms with van der Waals surface area (Å²) in [7, 11) is 0. The molecule has 1 nitrogen and oxygen atoms in total. The molecule has 0 saturated heterocycles. The monoisotopic (exact) mass is 272 g/mol. The van der Waals surface area contributed by atoms with Crippen LogP contribution in [-0.4, -0.2) is 5.78 Å². The first-order valence-corrected chi connectivity index (χ1v) is 7.42. The molecule has 0 N–H and O–H groups in total. The van der Waals surface area contributed by atoms with Gasteiger partial charge in [-0.2, -0.15) is 0 Å². The Balaban J connectivity index is 1.64. The largest absolute Gasteiger partial charge is 0.294 e. The third-order valence-corrected chi connectivity index (χ3v) is 4.48. The number of carbonyl (C=O) groups is 1. The van der Waals surface area contributed by atoms with Gasteiger partial charge in [0.1, 0.15) is 0 Å². The average Bonchev–Trinajstić information content (AvgIpc) is 2.52. The van der Waals surface area contributed by atoms with Gasteiger partial charge in [-0.25, -0.2) is 0 Å². The molecular formula is C20H16O. The summed E-state index contributed by atoms with van der Waals surface area (Å²) in [5.74, 6) is 0.652. The van der Waals surface area contributed by atoms with Gasteiger partial charge in [0.15, 0.2) is 5.78 Å². The lowest BCUT2D eigenvalue weighted by molar-refractivity contribution is 0.0972. The fourth-order valence-corrected chi connectivity index (χ4v) is 3.35. The van der Waals surface area contributed by atoms with Crippen LogP contribution in [0.15, 0.2) is 66.7 Å². The Labute approximate surface area is 124 Å². The Bertz CT molecular complexity index is 827. The van der Waals surface area contributed by atoms with Gasteiger partial charge in [0.25, 0.3) is 0 Å². The van der Waals surface area contributed by atoms with Gasteiger partial charge in [-0.1, -0.05) is 66.7 Å². The number of Topliss-reactive ketones (excluding diaryl/α,β-unsaturated/α-hetero) is 1. The lowest BCUT2D eigenvalue weighted by Crippen LogP contribution is -2.20. The van der Waals surface area contributed by atoms with E-state index in [-0.39, 0.29) is 5.78 Å². The van der Waals surface area contributed by atoms with E-state index in [2.05, 4.69) is 36.4 Å². The molecule has 0 amide bonds. The van der Waals surface area contributed by atoms with Crippen LogP contribution in [0.1, 0.15) is 33.8 Å². The third kappa shape index (κ3) is 2.06.